The Morgan fingerprint density at radius 1 is 1.05 bits per heavy atom. The largest absolute Gasteiger partial charge is 0.459 e. The number of carbonyl (C=O) groups is 1. The zero-order valence-electron chi connectivity index (χ0n) is 22.9. The quantitative estimate of drug-likeness (QED) is 0.0889. The van der Waals surface area contributed by atoms with Crippen LogP contribution in [0.3, 0.4) is 0 Å². The lowest BCUT2D eigenvalue weighted by atomic mass is 9.98. The summed E-state index contributed by atoms with van der Waals surface area (Å²) in [7, 11) is 0. The van der Waals surface area contributed by atoms with Crippen molar-refractivity contribution >= 4 is 17.6 Å². The summed E-state index contributed by atoms with van der Waals surface area (Å²) in [4.78, 5) is 21.5. The first-order valence-corrected chi connectivity index (χ1v) is 14.0. The van der Waals surface area contributed by atoms with Crippen LogP contribution in [-0.4, -0.2) is 58.6 Å². The fraction of sp³-hybridized carbons (Fsp3) is 0.393. The number of benzene rings is 2. The fourth-order valence-corrected chi connectivity index (χ4v) is 4.70. The molecular formula is C28H34ClN7O5. The van der Waals surface area contributed by atoms with Gasteiger partial charge in [-0.2, -0.15) is 5.21 Å². The van der Waals surface area contributed by atoms with Crippen LogP contribution in [0, 0.1) is 0 Å². The molecule has 0 aliphatic rings. The van der Waals surface area contributed by atoms with Crippen molar-refractivity contribution in [1.29, 1.82) is 0 Å². The van der Waals surface area contributed by atoms with Gasteiger partial charge in [-0.15, -0.1) is 10.2 Å². The molecule has 0 unspecified atom stereocenters. The van der Waals surface area contributed by atoms with Gasteiger partial charge in [-0.3, -0.25) is 20.0 Å². The number of carbonyl (C=O) groups excluding carboxylic acids is 1. The number of nitrogens with one attached hydrogen (secondary N) is 1. The first-order chi connectivity index (χ1) is 20.0. The Hall–Kier alpha value is -3.68. The van der Waals surface area contributed by atoms with E-state index < -0.39 is 0 Å². The average Bonchev–Trinajstić information content (AvgIpc) is 3.61. The molecule has 2 aromatic heterocycles. The third-order valence-corrected chi connectivity index (χ3v) is 6.88. The van der Waals surface area contributed by atoms with Crippen LogP contribution in [0.1, 0.15) is 62.5 Å². The molecule has 12 nitrogen and oxygen atoms in total. The maximum atomic E-state index is 12.4. The van der Waals surface area contributed by atoms with Crippen molar-refractivity contribution < 1.29 is 24.8 Å². The van der Waals surface area contributed by atoms with Gasteiger partial charge in [0.15, 0.2) is 5.15 Å². The van der Waals surface area contributed by atoms with Gasteiger partial charge in [0.25, 0.3) is 0 Å². The Balaban J connectivity index is 1.43. The number of aromatic nitrogens is 6. The molecule has 13 heteroatoms. The smallest absolute Gasteiger partial charge is 0.306 e. The molecule has 0 saturated carbocycles. The van der Waals surface area contributed by atoms with E-state index in [4.69, 9.17) is 26.8 Å². The van der Waals surface area contributed by atoms with Crippen molar-refractivity contribution in [2.45, 2.75) is 65.0 Å². The normalized spacial score (nSPS) is 11.3. The number of aromatic amines is 1. The van der Waals surface area contributed by atoms with Crippen LogP contribution in [-0.2, 0) is 33.9 Å². The third-order valence-electron chi connectivity index (χ3n) is 6.58. The zero-order chi connectivity index (χ0) is 29.0. The number of hydrogen-bond acceptors (Lipinski definition) is 10. The van der Waals surface area contributed by atoms with E-state index in [0.29, 0.717) is 42.5 Å². The summed E-state index contributed by atoms with van der Waals surface area (Å²) >= 11 is 6.54. The van der Waals surface area contributed by atoms with Crippen molar-refractivity contribution in [2.24, 2.45) is 0 Å². The van der Waals surface area contributed by atoms with E-state index >= 15 is 0 Å². The Labute approximate surface area is 242 Å². The Kier molecular flexibility index (Phi) is 11.3. The molecule has 2 aromatic carbocycles. The number of esters is 1. The van der Waals surface area contributed by atoms with E-state index in [1.165, 1.54) is 0 Å². The van der Waals surface area contributed by atoms with Crippen molar-refractivity contribution in [3.8, 4) is 22.5 Å². The number of unbranched alkanes of at least 4 members (excludes halogenated alkanes) is 3. The van der Waals surface area contributed by atoms with Gasteiger partial charge < -0.3 is 9.30 Å². The van der Waals surface area contributed by atoms with Gasteiger partial charge in [-0.25, -0.2) is 4.98 Å². The van der Waals surface area contributed by atoms with Crippen LogP contribution in [0.5, 0.6) is 0 Å². The van der Waals surface area contributed by atoms with Crippen molar-refractivity contribution in [3.05, 3.63) is 70.8 Å². The van der Waals surface area contributed by atoms with Gasteiger partial charge in [-0.1, -0.05) is 79.9 Å². The molecule has 0 atom stereocenters. The Morgan fingerprint density at radius 2 is 1.83 bits per heavy atom. The molecule has 0 spiro atoms. The summed E-state index contributed by atoms with van der Waals surface area (Å²) in [5.74, 6) is 1.06. The Morgan fingerprint density at radius 3 is 2.54 bits per heavy atom. The molecular weight excluding hydrogens is 550 g/mol. The maximum Gasteiger partial charge on any atom is 0.306 e. The molecule has 0 radical (unpaired) electrons. The van der Waals surface area contributed by atoms with Gasteiger partial charge in [0.1, 0.15) is 12.4 Å². The first-order valence-electron chi connectivity index (χ1n) is 13.6. The number of halogens is 1. The molecule has 0 aliphatic heterocycles. The number of imidazole rings is 1. The molecule has 0 fully saturated rings. The number of H-pyrrole nitrogens is 1. The predicted octanol–water partition coefficient (Wildman–Crippen LogP) is 5.39. The number of tetrazole rings is 1. The molecule has 41 heavy (non-hydrogen) atoms. The lowest BCUT2D eigenvalue weighted by molar-refractivity contribution is -0.492. The zero-order valence-corrected chi connectivity index (χ0v) is 23.6. The lowest BCUT2D eigenvalue weighted by Gasteiger charge is -2.14. The summed E-state index contributed by atoms with van der Waals surface area (Å²) in [6.07, 6.45) is 4.83. The van der Waals surface area contributed by atoms with E-state index in [2.05, 4.69) is 61.6 Å². The molecule has 0 amide bonds. The average molecular weight is 584 g/mol. The van der Waals surface area contributed by atoms with E-state index in [-0.39, 0.29) is 31.0 Å². The minimum absolute atomic E-state index is 0.0278. The van der Waals surface area contributed by atoms with Crippen LogP contribution in [0.4, 0.5) is 0 Å². The van der Waals surface area contributed by atoms with E-state index in [1.807, 2.05) is 28.8 Å². The molecule has 2 heterocycles. The van der Waals surface area contributed by atoms with Crippen LogP contribution in [0.15, 0.2) is 48.5 Å². The standard InChI is InChI=1S/C28H34ClN7O5/c1-2-3-11-25-30-27(29)24(19-40-26(37)12-5-4-8-17-41-36(38)39)35(25)18-20-13-15-21(16-14-20)22-9-6-7-10-23(22)28-31-33-34-32-28/h6-7,9-10,13-16,38-39H,2-5,8,11-12,17-19H2,1H3,(H,31,32,33,34). The van der Waals surface area contributed by atoms with E-state index in [1.54, 1.807) is 0 Å². The highest BCUT2D eigenvalue weighted by molar-refractivity contribution is 6.30. The van der Waals surface area contributed by atoms with Crippen molar-refractivity contribution in [2.75, 3.05) is 6.61 Å². The van der Waals surface area contributed by atoms with E-state index in [9.17, 15) is 4.79 Å². The van der Waals surface area contributed by atoms with Gasteiger partial charge in [0.05, 0.1) is 17.7 Å². The maximum absolute atomic E-state index is 12.4. The SMILES string of the molecule is CCCCc1nc(Cl)c(COC(=O)CCCCCON(O)O)n1Cc1ccc(-c2ccccc2-c2nn[nH]n2)cc1. The highest BCUT2D eigenvalue weighted by Crippen LogP contribution is 2.30. The molecule has 0 aliphatic carbocycles. The van der Waals surface area contributed by atoms with Gasteiger partial charge in [0, 0.05) is 24.9 Å². The highest BCUT2D eigenvalue weighted by atomic mass is 35.5. The summed E-state index contributed by atoms with van der Waals surface area (Å²) < 4.78 is 7.59. The minimum atomic E-state index is -0.333. The van der Waals surface area contributed by atoms with Crippen LogP contribution in [0.25, 0.3) is 22.5 Å². The monoisotopic (exact) mass is 583 g/mol. The van der Waals surface area contributed by atoms with Crippen LogP contribution >= 0.6 is 11.6 Å². The first kappa shape index (κ1) is 30.3. The number of hydrogen-bond donors (Lipinski definition) is 3. The molecule has 4 aromatic rings. The predicted molar refractivity (Wildman–Crippen MR) is 150 cm³/mol. The second-order valence-corrected chi connectivity index (χ2v) is 9.85. The second kappa shape index (κ2) is 15.4. The topological polar surface area (TPSA) is 152 Å². The van der Waals surface area contributed by atoms with Gasteiger partial charge >= 0.3 is 5.97 Å². The lowest BCUT2D eigenvalue weighted by Crippen LogP contribution is -2.15. The number of rotatable bonds is 16. The highest BCUT2D eigenvalue weighted by Gasteiger charge is 2.18. The summed E-state index contributed by atoms with van der Waals surface area (Å²) in [6.45, 7) is 2.83. The summed E-state index contributed by atoms with van der Waals surface area (Å²) in [5.41, 5.74) is 4.62. The van der Waals surface area contributed by atoms with Gasteiger partial charge in [-0.05, 0) is 41.2 Å². The van der Waals surface area contributed by atoms with Crippen LogP contribution < -0.4 is 0 Å². The van der Waals surface area contributed by atoms with Gasteiger partial charge in [0.2, 0.25) is 5.82 Å². The summed E-state index contributed by atoms with van der Waals surface area (Å²) in [6, 6.07) is 16.1. The molecule has 3 N–H and O–H groups in total. The fourth-order valence-electron chi connectivity index (χ4n) is 4.45. The summed E-state index contributed by atoms with van der Waals surface area (Å²) in [5, 5.41) is 31.5. The van der Waals surface area contributed by atoms with Crippen LogP contribution in [0.2, 0.25) is 5.15 Å². The number of nitrogens with zero attached hydrogens (tertiary/aromatic N) is 6. The van der Waals surface area contributed by atoms with E-state index in [0.717, 1.165) is 47.3 Å². The molecule has 0 saturated heterocycles. The van der Waals surface area contributed by atoms with Crippen molar-refractivity contribution in [1.82, 2.24) is 35.6 Å². The van der Waals surface area contributed by atoms with Crippen molar-refractivity contribution in [3.63, 3.8) is 0 Å². The molecule has 4 rings (SSSR count). The number of aryl methyl sites for hydroxylation is 1. The minimum Gasteiger partial charge on any atom is -0.459 e. The molecule has 0 bridgehead atoms. The molecule has 218 valence electrons. The third kappa shape index (κ3) is 8.65. The number of ether oxygens (including phenoxy) is 1. The second-order valence-electron chi connectivity index (χ2n) is 9.49. The Bertz CT molecular complexity index is 1380.